The minimum Gasteiger partial charge on any atom is -0.347 e. The van der Waals surface area contributed by atoms with Crippen molar-refractivity contribution < 1.29 is 0 Å². The van der Waals surface area contributed by atoms with Crippen LogP contribution in [0.2, 0.25) is 0 Å². The Balaban J connectivity index is 1.75. The topological polar surface area (TPSA) is 6.48 Å². The van der Waals surface area contributed by atoms with Gasteiger partial charge in [-0.2, -0.15) is 0 Å². The molecule has 136 valence electrons. The van der Waals surface area contributed by atoms with Crippen molar-refractivity contribution in [1.29, 1.82) is 0 Å². The van der Waals surface area contributed by atoms with Crippen molar-refractivity contribution in [3.05, 3.63) is 77.4 Å². The molecular formula is C25H26N2. The van der Waals surface area contributed by atoms with E-state index in [0.717, 1.165) is 6.42 Å². The Bertz CT molecular complexity index is 1030. The van der Waals surface area contributed by atoms with Gasteiger partial charge >= 0.3 is 0 Å². The number of hydrogen-bond acceptors (Lipinski definition) is 2. The molecule has 1 heterocycles. The lowest BCUT2D eigenvalue weighted by molar-refractivity contribution is 0.605. The summed E-state index contributed by atoms with van der Waals surface area (Å²) in [7, 11) is 0. The number of benzene rings is 3. The van der Waals surface area contributed by atoms with Crippen molar-refractivity contribution in [1.82, 2.24) is 0 Å². The summed E-state index contributed by atoms with van der Waals surface area (Å²) in [5.41, 5.74) is 11.2. The molecular weight excluding hydrogens is 328 g/mol. The fraction of sp³-hybridized carbons (Fsp3) is 0.280. The predicted molar refractivity (Wildman–Crippen MR) is 115 cm³/mol. The maximum atomic E-state index is 2.60. The van der Waals surface area contributed by atoms with Gasteiger partial charge in [-0.05, 0) is 67.6 Å². The molecule has 0 radical (unpaired) electrons. The molecule has 2 heteroatoms. The molecule has 3 aromatic rings. The largest absolute Gasteiger partial charge is 0.347 e. The lowest BCUT2D eigenvalue weighted by Crippen LogP contribution is -2.42. The molecule has 0 saturated carbocycles. The van der Waals surface area contributed by atoms with Crippen LogP contribution in [-0.4, -0.2) is 12.2 Å². The van der Waals surface area contributed by atoms with Crippen LogP contribution in [0.5, 0.6) is 0 Å². The van der Waals surface area contributed by atoms with Crippen LogP contribution < -0.4 is 9.80 Å². The third-order valence-electron chi connectivity index (χ3n) is 6.16. The molecule has 0 unspecified atom stereocenters. The second-order valence-corrected chi connectivity index (χ2v) is 8.08. The average molecular weight is 354 g/mol. The monoisotopic (exact) mass is 354 g/mol. The van der Waals surface area contributed by atoms with Gasteiger partial charge in [0, 0.05) is 18.2 Å². The molecule has 0 saturated heterocycles. The van der Waals surface area contributed by atoms with Crippen molar-refractivity contribution in [3.63, 3.8) is 0 Å². The number of fused-ring (bicyclic) bond motifs is 5. The SMILES string of the molecule is Cc1ccccc1N1c2ccc3c(c2N(C(C)C)[C@@H]1C)Cc1ccccc1-3. The second-order valence-electron chi connectivity index (χ2n) is 8.08. The first-order valence-electron chi connectivity index (χ1n) is 9.95. The van der Waals surface area contributed by atoms with E-state index < -0.39 is 0 Å². The van der Waals surface area contributed by atoms with Crippen LogP contribution in [-0.2, 0) is 6.42 Å². The standard InChI is InChI=1S/C25H26N2/c1-16(2)26-18(4)27(23-12-8-5-9-17(23)3)24-14-13-21-20-11-7-6-10-19(20)15-22(21)25(24)26/h5-14,16,18H,15H2,1-4H3/t18-/m0/s1. The number of hydrogen-bond donors (Lipinski definition) is 0. The van der Waals surface area contributed by atoms with E-state index in [-0.39, 0.29) is 0 Å². The summed E-state index contributed by atoms with van der Waals surface area (Å²) in [6.07, 6.45) is 1.34. The molecule has 2 aliphatic rings. The molecule has 5 rings (SSSR count). The zero-order valence-electron chi connectivity index (χ0n) is 16.5. The summed E-state index contributed by atoms with van der Waals surface area (Å²) in [6.45, 7) is 9.16. The fourth-order valence-electron chi connectivity index (χ4n) is 5.03. The summed E-state index contributed by atoms with van der Waals surface area (Å²) in [5, 5.41) is 0. The average Bonchev–Trinajstić information content (AvgIpc) is 3.17. The third-order valence-corrected chi connectivity index (χ3v) is 6.16. The van der Waals surface area contributed by atoms with Crippen LogP contribution in [0, 0.1) is 6.92 Å². The van der Waals surface area contributed by atoms with Crippen LogP contribution in [0.3, 0.4) is 0 Å². The van der Waals surface area contributed by atoms with Gasteiger partial charge in [0.25, 0.3) is 0 Å². The molecule has 3 aromatic carbocycles. The Labute approximate surface area is 162 Å². The Morgan fingerprint density at radius 3 is 2.37 bits per heavy atom. The first kappa shape index (κ1) is 16.4. The van der Waals surface area contributed by atoms with Crippen molar-refractivity contribution in [3.8, 4) is 11.1 Å². The highest BCUT2D eigenvalue weighted by atomic mass is 15.4. The molecule has 2 nitrogen and oxygen atoms in total. The minimum atomic E-state index is 0.302. The van der Waals surface area contributed by atoms with Crippen LogP contribution >= 0.6 is 0 Å². The Hall–Kier alpha value is -2.74. The maximum Gasteiger partial charge on any atom is 0.104 e. The van der Waals surface area contributed by atoms with E-state index in [0.29, 0.717) is 12.2 Å². The minimum absolute atomic E-state index is 0.302. The molecule has 0 bridgehead atoms. The molecule has 27 heavy (non-hydrogen) atoms. The number of rotatable bonds is 2. The first-order valence-corrected chi connectivity index (χ1v) is 9.95. The number of para-hydroxylation sites is 1. The van der Waals surface area contributed by atoms with E-state index in [4.69, 9.17) is 0 Å². The smallest absolute Gasteiger partial charge is 0.104 e. The third kappa shape index (κ3) is 2.26. The van der Waals surface area contributed by atoms with Gasteiger partial charge in [-0.3, -0.25) is 0 Å². The lowest BCUT2D eigenvalue weighted by atomic mass is 10.0. The van der Waals surface area contributed by atoms with Gasteiger partial charge in [0.15, 0.2) is 0 Å². The van der Waals surface area contributed by atoms with Gasteiger partial charge in [-0.25, -0.2) is 0 Å². The van der Waals surface area contributed by atoms with Gasteiger partial charge < -0.3 is 9.80 Å². The summed E-state index contributed by atoms with van der Waals surface area (Å²) in [6, 6.07) is 22.7. The normalized spacial score (nSPS) is 17.3. The van der Waals surface area contributed by atoms with Gasteiger partial charge in [-0.15, -0.1) is 0 Å². The summed E-state index contributed by atoms with van der Waals surface area (Å²) in [4.78, 5) is 5.13. The van der Waals surface area contributed by atoms with Crippen LogP contribution in [0.1, 0.15) is 37.5 Å². The first-order chi connectivity index (χ1) is 13.1. The van der Waals surface area contributed by atoms with Crippen molar-refractivity contribution in [2.45, 2.75) is 46.3 Å². The van der Waals surface area contributed by atoms with Crippen molar-refractivity contribution >= 4 is 17.1 Å². The Morgan fingerprint density at radius 1 is 0.852 bits per heavy atom. The quantitative estimate of drug-likeness (QED) is 0.418. The van der Waals surface area contributed by atoms with Crippen molar-refractivity contribution in [2.24, 2.45) is 0 Å². The van der Waals surface area contributed by atoms with Crippen molar-refractivity contribution in [2.75, 3.05) is 9.80 Å². The van der Waals surface area contributed by atoms with E-state index in [2.05, 4.69) is 98.2 Å². The molecule has 1 atom stereocenters. The highest BCUT2D eigenvalue weighted by Crippen LogP contribution is 2.52. The van der Waals surface area contributed by atoms with E-state index in [1.807, 2.05) is 0 Å². The number of nitrogens with zero attached hydrogens (tertiary/aromatic N) is 2. The zero-order valence-corrected chi connectivity index (χ0v) is 16.5. The molecule has 1 aliphatic heterocycles. The second kappa shape index (κ2) is 5.88. The summed E-state index contributed by atoms with van der Waals surface area (Å²) < 4.78 is 0. The van der Waals surface area contributed by atoms with Gasteiger partial charge in [-0.1, -0.05) is 48.5 Å². The molecule has 0 N–H and O–H groups in total. The number of anilines is 3. The molecule has 0 spiro atoms. The molecule has 0 fully saturated rings. The molecule has 0 amide bonds. The van der Waals surface area contributed by atoms with Gasteiger partial charge in [0.1, 0.15) is 6.17 Å². The Kier molecular flexibility index (Phi) is 3.58. The molecule has 0 aromatic heterocycles. The fourth-order valence-corrected chi connectivity index (χ4v) is 5.03. The predicted octanol–water partition coefficient (Wildman–Crippen LogP) is 6.28. The van der Waals surface area contributed by atoms with Gasteiger partial charge in [0.2, 0.25) is 0 Å². The van der Waals surface area contributed by atoms with Gasteiger partial charge in [0.05, 0.1) is 11.4 Å². The summed E-state index contributed by atoms with van der Waals surface area (Å²) in [5.74, 6) is 0. The van der Waals surface area contributed by atoms with E-state index in [9.17, 15) is 0 Å². The lowest BCUT2D eigenvalue weighted by Gasteiger charge is -2.34. The molecule has 1 aliphatic carbocycles. The zero-order chi connectivity index (χ0) is 18.7. The maximum absolute atomic E-state index is 2.60. The highest BCUT2D eigenvalue weighted by Gasteiger charge is 2.39. The summed E-state index contributed by atoms with van der Waals surface area (Å²) >= 11 is 0. The van der Waals surface area contributed by atoms with E-state index in [1.54, 1.807) is 0 Å². The van der Waals surface area contributed by atoms with E-state index >= 15 is 0 Å². The van der Waals surface area contributed by atoms with E-state index in [1.165, 1.54) is 44.9 Å². The highest BCUT2D eigenvalue weighted by molar-refractivity contribution is 5.94. The van der Waals surface area contributed by atoms with Crippen LogP contribution in [0.15, 0.2) is 60.7 Å². The Morgan fingerprint density at radius 2 is 1.59 bits per heavy atom. The van der Waals surface area contributed by atoms with Crippen LogP contribution in [0.4, 0.5) is 17.1 Å². The van der Waals surface area contributed by atoms with Crippen LogP contribution in [0.25, 0.3) is 11.1 Å². The number of aryl methyl sites for hydroxylation is 1.